The molecule has 0 aliphatic rings. The number of hydrogen-bond donors (Lipinski definition) is 1. The SMILES string of the molecule is COC(=O)CC(O)C(=O)OC.[SnH2]. The van der Waals surface area contributed by atoms with E-state index in [0.717, 1.165) is 7.11 Å². The number of aliphatic hydroxyl groups is 1. The molecule has 0 aromatic rings. The summed E-state index contributed by atoms with van der Waals surface area (Å²) < 4.78 is 8.37. The van der Waals surface area contributed by atoms with Crippen molar-refractivity contribution in [2.24, 2.45) is 0 Å². The zero-order chi connectivity index (χ0) is 8.85. The second-order valence-electron chi connectivity index (χ2n) is 1.82. The molecule has 6 heteroatoms. The fourth-order valence-electron chi connectivity index (χ4n) is 0.461. The maximum absolute atomic E-state index is 10.5. The minimum atomic E-state index is -1.42. The van der Waals surface area contributed by atoms with E-state index in [1.165, 1.54) is 7.11 Å². The van der Waals surface area contributed by atoms with Gasteiger partial charge in [0.1, 0.15) is 0 Å². The van der Waals surface area contributed by atoms with Crippen LogP contribution in [0.5, 0.6) is 0 Å². The van der Waals surface area contributed by atoms with Gasteiger partial charge in [-0.05, 0) is 0 Å². The summed E-state index contributed by atoms with van der Waals surface area (Å²) in [7, 11) is 2.30. The van der Waals surface area contributed by atoms with Gasteiger partial charge in [-0.1, -0.05) is 0 Å². The molecule has 0 bridgehead atoms. The van der Waals surface area contributed by atoms with Gasteiger partial charge in [-0.15, -0.1) is 0 Å². The average molecular weight is 283 g/mol. The topological polar surface area (TPSA) is 72.8 Å². The summed E-state index contributed by atoms with van der Waals surface area (Å²) in [5.41, 5.74) is 0. The van der Waals surface area contributed by atoms with Gasteiger partial charge in [0.25, 0.3) is 0 Å². The quantitative estimate of drug-likeness (QED) is 0.487. The molecule has 0 spiro atoms. The van der Waals surface area contributed by atoms with Crippen molar-refractivity contribution in [1.29, 1.82) is 0 Å². The van der Waals surface area contributed by atoms with E-state index in [4.69, 9.17) is 5.11 Å². The zero-order valence-electron chi connectivity index (χ0n) is 7.07. The van der Waals surface area contributed by atoms with Gasteiger partial charge in [0, 0.05) is 0 Å². The number of carbonyl (C=O) groups excluding carboxylic acids is 2. The van der Waals surface area contributed by atoms with Crippen LogP contribution >= 0.6 is 0 Å². The Morgan fingerprint density at radius 3 is 2.17 bits per heavy atom. The molecule has 70 valence electrons. The van der Waals surface area contributed by atoms with Gasteiger partial charge in [0.05, 0.1) is 20.6 Å². The van der Waals surface area contributed by atoms with Crippen molar-refractivity contribution in [3.8, 4) is 0 Å². The summed E-state index contributed by atoms with van der Waals surface area (Å²) in [5, 5.41) is 8.84. The van der Waals surface area contributed by atoms with E-state index in [1.807, 2.05) is 0 Å². The van der Waals surface area contributed by atoms with Gasteiger partial charge in [0.15, 0.2) is 6.10 Å². The molecule has 0 saturated carbocycles. The summed E-state index contributed by atoms with van der Waals surface area (Å²) in [5.74, 6) is -1.49. The van der Waals surface area contributed by atoms with Gasteiger partial charge >= 0.3 is 35.8 Å². The van der Waals surface area contributed by atoms with E-state index >= 15 is 0 Å². The predicted octanol–water partition coefficient (Wildman–Crippen LogP) is -1.83. The van der Waals surface area contributed by atoms with Crippen LogP contribution in [0.4, 0.5) is 0 Å². The number of carbonyl (C=O) groups is 2. The van der Waals surface area contributed by atoms with Crippen molar-refractivity contribution in [2.75, 3.05) is 14.2 Å². The van der Waals surface area contributed by atoms with Crippen LogP contribution in [0.3, 0.4) is 0 Å². The molecule has 1 N–H and O–H groups in total. The van der Waals surface area contributed by atoms with Crippen LogP contribution in [0.25, 0.3) is 0 Å². The van der Waals surface area contributed by atoms with Crippen molar-refractivity contribution in [1.82, 2.24) is 0 Å². The molecule has 2 radical (unpaired) electrons. The second kappa shape index (κ2) is 7.35. The van der Waals surface area contributed by atoms with Gasteiger partial charge in [-0.25, -0.2) is 4.79 Å². The van der Waals surface area contributed by atoms with Crippen LogP contribution in [-0.4, -0.2) is 61.3 Å². The number of esters is 2. The van der Waals surface area contributed by atoms with Gasteiger partial charge in [-0.2, -0.15) is 0 Å². The fourth-order valence-corrected chi connectivity index (χ4v) is 0.461. The monoisotopic (exact) mass is 284 g/mol. The van der Waals surface area contributed by atoms with Crippen LogP contribution in [0.2, 0.25) is 0 Å². The Labute approximate surface area is 87.0 Å². The van der Waals surface area contributed by atoms with E-state index < -0.39 is 18.0 Å². The average Bonchev–Trinajstić information content (AvgIpc) is 2.02. The molecule has 0 aromatic carbocycles. The van der Waals surface area contributed by atoms with Crippen molar-refractivity contribution in [3.63, 3.8) is 0 Å². The number of ether oxygens (including phenoxy) is 2. The van der Waals surface area contributed by atoms with Gasteiger partial charge in [-0.3, -0.25) is 4.79 Å². The molecule has 0 aromatic heterocycles. The first-order valence-electron chi connectivity index (χ1n) is 2.94. The minimum absolute atomic E-state index is 0. The van der Waals surface area contributed by atoms with E-state index in [-0.39, 0.29) is 30.3 Å². The summed E-state index contributed by atoms with van der Waals surface area (Å²) in [4.78, 5) is 20.9. The van der Waals surface area contributed by atoms with Crippen LogP contribution in [0, 0.1) is 0 Å². The van der Waals surface area contributed by atoms with E-state index in [9.17, 15) is 9.59 Å². The van der Waals surface area contributed by atoms with Gasteiger partial charge in [0.2, 0.25) is 0 Å². The van der Waals surface area contributed by atoms with Crippen LogP contribution in [-0.2, 0) is 19.1 Å². The van der Waals surface area contributed by atoms with E-state index in [2.05, 4.69) is 9.47 Å². The zero-order valence-corrected chi connectivity index (χ0v) is 11.1. The normalized spacial score (nSPS) is 10.9. The Morgan fingerprint density at radius 1 is 1.33 bits per heavy atom. The molecule has 0 aliphatic heterocycles. The van der Waals surface area contributed by atoms with E-state index in [0.29, 0.717) is 0 Å². The molecule has 0 saturated heterocycles. The Bertz CT molecular complexity index is 158. The Kier molecular flexibility index (Phi) is 8.72. The summed E-state index contributed by atoms with van der Waals surface area (Å²) in [6, 6.07) is 0. The van der Waals surface area contributed by atoms with Crippen LogP contribution < -0.4 is 0 Å². The summed E-state index contributed by atoms with van der Waals surface area (Å²) in [6.45, 7) is 0. The van der Waals surface area contributed by atoms with Crippen molar-refractivity contribution >= 4 is 35.8 Å². The molecule has 12 heavy (non-hydrogen) atoms. The number of aliphatic hydroxyl groups excluding tert-OH is 1. The number of rotatable bonds is 3. The molecule has 5 nitrogen and oxygen atoms in total. The Hall–Kier alpha value is -0.301. The number of methoxy groups -OCH3 is 2. The first-order valence-corrected chi connectivity index (χ1v) is 2.94. The third-order valence-electron chi connectivity index (χ3n) is 1.06. The molecule has 0 heterocycles. The molecule has 1 atom stereocenters. The first-order chi connectivity index (χ1) is 5.11. The number of hydrogen-bond acceptors (Lipinski definition) is 5. The Balaban J connectivity index is 0. The van der Waals surface area contributed by atoms with Gasteiger partial charge < -0.3 is 14.6 Å². The van der Waals surface area contributed by atoms with Crippen LogP contribution in [0.15, 0.2) is 0 Å². The van der Waals surface area contributed by atoms with E-state index in [1.54, 1.807) is 0 Å². The summed E-state index contributed by atoms with van der Waals surface area (Å²) >= 11 is 0. The van der Waals surface area contributed by atoms with Crippen molar-refractivity contribution < 1.29 is 24.2 Å². The molecule has 1 unspecified atom stereocenters. The molecule has 0 rings (SSSR count). The third kappa shape index (κ3) is 5.36. The molecule has 0 amide bonds. The van der Waals surface area contributed by atoms with Crippen molar-refractivity contribution in [2.45, 2.75) is 12.5 Å². The fraction of sp³-hybridized carbons (Fsp3) is 0.667. The molecular formula is C6H12O5Sn. The van der Waals surface area contributed by atoms with Crippen molar-refractivity contribution in [3.05, 3.63) is 0 Å². The first kappa shape index (κ1) is 14.2. The molecular weight excluding hydrogens is 271 g/mol. The van der Waals surface area contributed by atoms with Crippen LogP contribution in [0.1, 0.15) is 6.42 Å². The second-order valence-corrected chi connectivity index (χ2v) is 1.82. The standard InChI is InChI=1S/C6H10O5.Sn.2H/c1-10-5(8)3-4(7)6(9)11-2;;;/h4,7H,3H2,1-2H3;;;. The molecule has 0 fully saturated rings. The Morgan fingerprint density at radius 2 is 1.83 bits per heavy atom. The summed E-state index contributed by atoms with van der Waals surface area (Å²) in [6.07, 6.45) is -1.80. The predicted molar refractivity (Wildman–Crippen MR) is 43.2 cm³/mol. The third-order valence-corrected chi connectivity index (χ3v) is 1.06. The molecule has 0 aliphatic carbocycles. The maximum atomic E-state index is 10.5.